The summed E-state index contributed by atoms with van der Waals surface area (Å²) in [6.07, 6.45) is 3.20. The molecule has 3 atom stereocenters. The van der Waals surface area contributed by atoms with Gasteiger partial charge in [0.05, 0.1) is 12.3 Å². The summed E-state index contributed by atoms with van der Waals surface area (Å²) >= 11 is 0. The predicted molar refractivity (Wildman–Crippen MR) is 103 cm³/mol. The van der Waals surface area contributed by atoms with Crippen molar-refractivity contribution in [2.24, 2.45) is 11.8 Å². The lowest BCUT2D eigenvalue weighted by molar-refractivity contribution is 0.137. The lowest BCUT2D eigenvalue weighted by atomic mass is 9.69. The highest BCUT2D eigenvalue weighted by Crippen LogP contribution is 2.49. The zero-order valence-corrected chi connectivity index (χ0v) is 16.6. The van der Waals surface area contributed by atoms with Crippen LogP contribution in [0.5, 0.6) is 0 Å². The molecule has 1 aliphatic carbocycles. The number of hydrogen-bond acceptors (Lipinski definition) is 2. The molecule has 1 aromatic carbocycles. The number of carbonyl (C=O) groups excluding carboxylic acids is 1. The van der Waals surface area contributed by atoms with Gasteiger partial charge in [0.1, 0.15) is 0 Å². The average Bonchev–Trinajstić information content (AvgIpc) is 2.62. The highest BCUT2D eigenvalue weighted by atomic mass is 19.3. The van der Waals surface area contributed by atoms with Crippen molar-refractivity contribution in [1.82, 2.24) is 0 Å². The van der Waals surface area contributed by atoms with Crippen LogP contribution in [0.15, 0.2) is 18.2 Å². The number of rotatable bonds is 6. The summed E-state index contributed by atoms with van der Waals surface area (Å²) < 4.78 is 32.1. The molecule has 0 saturated heterocycles. The standard InChI is InChI=1S/C22H31F2NO2/c1-4-11-27-22(26)25-19-10-9-16(21(23)24)12-18(19)17(14(3)5-2)13-20(25)15-7-6-8-15/h9-10,12,14-15,17,20-21H,4-8,11,13H2,1-3H3. The minimum Gasteiger partial charge on any atom is -0.449 e. The van der Waals surface area contributed by atoms with Gasteiger partial charge in [-0.3, -0.25) is 4.90 Å². The first-order chi connectivity index (χ1) is 13.0. The Morgan fingerprint density at radius 3 is 2.59 bits per heavy atom. The van der Waals surface area contributed by atoms with Gasteiger partial charge in [-0.25, -0.2) is 13.6 Å². The van der Waals surface area contributed by atoms with Crippen LogP contribution in [-0.4, -0.2) is 18.7 Å². The van der Waals surface area contributed by atoms with Crippen molar-refractivity contribution in [1.29, 1.82) is 0 Å². The average molecular weight is 379 g/mol. The van der Waals surface area contributed by atoms with Gasteiger partial charge in [0.25, 0.3) is 6.43 Å². The summed E-state index contributed by atoms with van der Waals surface area (Å²) in [6, 6.07) is 4.89. The van der Waals surface area contributed by atoms with Gasteiger partial charge in [0, 0.05) is 11.6 Å². The molecule has 1 aliphatic heterocycles. The number of ether oxygens (including phenoxy) is 1. The number of amides is 1. The maximum absolute atomic E-state index is 13.3. The molecular formula is C22H31F2NO2. The second kappa shape index (κ2) is 8.57. The first-order valence-corrected chi connectivity index (χ1v) is 10.4. The van der Waals surface area contributed by atoms with Crippen molar-refractivity contribution in [3.05, 3.63) is 29.3 Å². The molecule has 3 nitrogen and oxygen atoms in total. The Hall–Kier alpha value is -1.65. The van der Waals surface area contributed by atoms with Crippen LogP contribution in [0.3, 0.4) is 0 Å². The fourth-order valence-electron chi connectivity index (χ4n) is 4.44. The molecule has 150 valence electrons. The number of alkyl halides is 2. The first-order valence-electron chi connectivity index (χ1n) is 10.4. The molecule has 5 heteroatoms. The largest absolute Gasteiger partial charge is 0.449 e. The van der Waals surface area contributed by atoms with Crippen molar-refractivity contribution < 1.29 is 18.3 Å². The third-order valence-electron chi connectivity index (χ3n) is 6.44. The minimum absolute atomic E-state index is 0.0334. The fourth-order valence-corrected chi connectivity index (χ4v) is 4.44. The molecule has 0 bridgehead atoms. The monoisotopic (exact) mass is 379 g/mol. The van der Waals surface area contributed by atoms with E-state index in [4.69, 9.17) is 4.74 Å². The van der Waals surface area contributed by atoms with E-state index in [2.05, 4.69) is 13.8 Å². The van der Waals surface area contributed by atoms with Crippen molar-refractivity contribution in [3.8, 4) is 0 Å². The molecule has 1 aromatic rings. The molecule has 1 fully saturated rings. The number of carbonyl (C=O) groups is 1. The van der Waals surface area contributed by atoms with E-state index in [1.807, 2.05) is 6.92 Å². The van der Waals surface area contributed by atoms with Gasteiger partial charge in [0.15, 0.2) is 0 Å². The second-order valence-corrected chi connectivity index (χ2v) is 8.09. The number of fused-ring (bicyclic) bond motifs is 1. The van der Waals surface area contributed by atoms with Gasteiger partial charge < -0.3 is 4.74 Å². The minimum atomic E-state index is -2.50. The predicted octanol–water partition coefficient (Wildman–Crippen LogP) is 6.68. The Morgan fingerprint density at radius 1 is 1.30 bits per heavy atom. The molecule has 27 heavy (non-hydrogen) atoms. The van der Waals surface area contributed by atoms with Crippen molar-refractivity contribution in [2.45, 2.75) is 77.7 Å². The summed E-state index contributed by atoms with van der Waals surface area (Å²) in [5.74, 6) is 1.06. The van der Waals surface area contributed by atoms with Crippen LogP contribution in [0.2, 0.25) is 0 Å². The summed E-state index contributed by atoms with van der Waals surface area (Å²) in [4.78, 5) is 14.7. The second-order valence-electron chi connectivity index (χ2n) is 8.09. The molecule has 0 spiro atoms. The summed E-state index contributed by atoms with van der Waals surface area (Å²) in [7, 11) is 0. The van der Waals surface area contributed by atoms with Gasteiger partial charge in [-0.15, -0.1) is 0 Å². The zero-order chi connectivity index (χ0) is 19.6. The van der Waals surface area contributed by atoms with Gasteiger partial charge in [-0.2, -0.15) is 0 Å². The summed E-state index contributed by atoms with van der Waals surface area (Å²) in [5, 5.41) is 0. The van der Waals surface area contributed by atoms with E-state index in [0.717, 1.165) is 43.4 Å². The quantitative estimate of drug-likeness (QED) is 0.552. The number of anilines is 1. The van der Waals surface area contributed by atoms with Crippen LogP contribution in [-0.2, 0) is 4.74 Å². The Labute approximate surface area is 161 Å². The number of benzene rings is 1. The van der Waals surface area contributed by atoms with Crippen LogP contribution in [0.25, 0.3) is 0 Å². The molecular weight excluding hydrogens is 348 g/mol. The van der Waals surface area contributed by atoms with Crippen molar-refractivity contribution >= 4 is 11.8 Å². The van der Waals surface area contributed by atoms with Gasteiger partial charge in [-0.05, 0) is 61.1 Å². The Bertz CT molecular complexity index is 660. The molecule has 1 amide bonds. The first kappa shape index (κ1) is 20.1. The van der Waals surface area contributed by atoms with Gasteiger partial charge in [0.2, 0.25) is 0 Å². The van der Waals surface area contributed by atoms with Crippen LogP contribution < -0.4 is 4.90 Å². The van der Waals surface area contributed by atoms with Crippen LogP contribution in [0.4, 0.5) is 19.3 Å². The fraction of sp³-hybridized carbons (Fsp3) is 0.682. The van der Waals surface area contributed by atoms with E-state index in [9.17, 15) is 13.6 Å². The summed E-state index contributed by atoms with van der Waals surface area (Å²) in [6.45, 7) is 6.68. The molecule has 1 heterocycles. The van der Waals surface area contributed by atoms with Gasteiger partial charge in [-0.1, -0.05) is 39.7 Å². The molecule has 1 saturated carbocycles. The number of hydrogen-bond donors (Lipinski definition) is 0. The molecule has 3 rings (SSSR count). The van der Waals surface area contributed by atoms with Crippen LogP contribution >= 0.6 is 0 Å². The topological polar surface area (TPSA) is 29.5 Å². The van der Waals surface area contributed by atoms with Crippen molar-refractivity contribution in [2.75, 3.05) is 11.5 Å². The Kier molecular flexibility index (Phi) is 6.38. The van der Waals surface area contributed by atoms with E-state index in [1.54, 1.807) is 17.0 Å². The van der Waals surface area contributed by atoms with E-state index in [1.165, 1.54) is 12.5 Å². The number of nitrogens with zero attached hydrogens (tertiary/aromatic N) is 1. The summed E-state index contributed by atoms with van der Waals surface area (Å²) in [5.41, 5.74) is 1.69. The third-order valence-corrected chi connectivity index (χ3v) is 6.44. The SMILES string of the molecule is CCCOC(=O)N1c2ccc(C(F)F)cc2C(C(C)CC)CC1C1CCC1. The van der Waals surface area contributed by atoms with E-state index >= 15 is 0 Å². The third kappa shape index (κ3) is 3.97. The van der Waals surface area contributed by atoms with E-state index in [0.29, 0.717) is 18.4 Å². The van der Waals surface area contributed by atoms with Crippen LogP contribution in [0.1, 0.15) is 82.8 Å². The molecule has 2 aliphatic rings. The number of halogens is 2. The maximum Gasteiger partial charge on any atom is 0.414 e. The molecule has 0 aromatic heterocycles. The lowest BCUT2D eigenvalue weighted by Gasteiger charge is -2.47. The van der Waals surface area contributed by atoms with E-state index < -0.39 is 6.43 Å². The lowest BCUT2D eigenvalue weighted by Crippen LogP contribution is -2.51. The molecule has 0 N–H and O–H groups in total. The van der Waals surface area contributed by atoms with E-state index in [-0.39, 0.29) is 23.6 Å². The van der Waals surface area contributed by atoms with Crippen LogP contribution in [0, 0.1) is 11.8 Å². The molecule has 3 unspecified atom stereocenters. The highest BCUT2D eigenvalue weighted by molar-refractivity contribution is 5.90. The van der Waals surface area contributed by atoms with Gasteiger partial charge >= 0.3 is 6.09 Å². The molecule has 0 radical (unpaired) electrons. The zero-order valence-electron chi connectivity index (χ0n) is 16.6. The highest BCUT2D eigenvalue weighted by Gasteiger charge is 2.43. The smallest absolute Gasteiger partial charge is 0.414 e. The normalized spacial score (nSPS) is 23.7. The Morgan fingerprint density at radius 2 is 2.04 bits per heavy atom. The van der Waals surface area contributed by atoms with Crippen molar-refractivity contribution in [3.63, 3.8) is 0 Å². The maximum atomic E-state index is 13.3. The Balaban J connectivity index is 2.04.